The van der Waals surface area contributed by atoms with Crippen LogP contribution >= 0.6 is 20.8 Å². The summed E-state index contributed by atoms with van der Waals surface area (Å²) in [6.07, 6.45) is 4.19. The molecule has 0 saturated heterocycles. The first-order valence-electron chi connectivity index (χ1n) is 11.8. The zero-order valence-corrected chi connectivity index (χ0v) is 21.2. The molecule has 4 aromatic carbocycles. The molecule has 2 aromatic heterocycles. The molecule has 0 N–H and O–H groups in total. The maximum atomic E-state index is 6.67. The van der Waals surface area contributed by atoms with E-state index in [0.717, 1.165) is 27.9 Å². The monoisotopic (exact) mass is 581 g/mol. The van der Waals surface area contributed by atoms with Crippen LogP contribution in [0.4, 0.5) is 0 Å². The molecule has 0 radical (unpaired) electrons. The summed E-state index contributed by atoms with van der Waals surface area (Å²) in [6.45, 7) is 0. The third-order valence-electron chi connectivity index (χ3n) is 6.72. The molecule has 5 nitrogen and oxygen atoms in total. The minimum absolute atomic E-state index is 0.847. The van der Waals surface area contributed by atoms with Crippen molar-refractivity contribution in [2.45, 2.75) is 0 Å². The van der Waals surface area contributed by atoms with Crippen LogP contribution in [0.1, 0.15) is 0 Å². The molecular formula is C30H20IN3O2+2. The number of nitrogens with zero attached hydrogens (tertiary/aromatic N) is 3. The number of pyridine rings is 2. The Morgan fingerprint density at radius 1 is 0.556 bits per heavy atom. The van der Waals surface area contributed by atoms with Gasteiger partial charge in [-0.3, -0.25) is 0 Å². The molecule has 4 heterocycles. The number of hydrogen-bond donors (Lipinski definition) is 0. The second-order valence-electron chi connectivity index (χ2n) is 8.76. The van der Waals surface area contributed by atoms with E-state index in [9.17, 15) is 0 Å². The first kappa shape index (κ1) is 20.1. The molecule has 0 saturated carbocycles. The van der Waals surface area contributed by atoms with E-state index in [-0.39, 0.29) is 0 Å². The van der Waals surface area contributed by atoms with Gasteiger partial charge in [-0.1, -0.05) is 0 Å². The number of aromatic nitrogens is 2. The van der Waals surface area contributed by atoms with Crippen molar-refractivity contribution in [3.63, 3.8) is 0 Å². The van der Waals surface area contributed by atoms with Crippen molar-refractivity contribution >= 4 is 42.6 Å². The number of hydrogen-bond acceptors (Lipinski definition) is 3. The molecule has 0 amide bonds. The fraction of sp³-hybridized carbons (Fsp3) is 0. The zero-order valence-electron chi connectivity index (χ0n) is 19.1. The van der Waals surface area contributed by atoms with Crippen LogP contribution < -0.4 is 18.7 Å². The Morgan fingerprint density at radius 2 is 1.17 bits per heavy atom. The van der Waals surface area contributed by atoms with Crippen LogP contribution in [0.3, 0.4) is 0 Å². The van der Waals surface area contributed by atoms with E-state index in [1.165, 1.54) is 27.6 Å². The Hall–Kier alpha value is -4.17. The van der Waals surface area contributed by atoms with Crippen molar-refractivity contribution in [2.24, 2.45) is 0 Å². The van der Waals surface area contributed by atoms with Gasteiger partial charge in [0.05, 0.1) is 0 Å². The Labute approximate surface area is 215 Å². The van der Waals surface area contributed by atoms with Gasteiger partial charge in [-0.05, 0) is 0 Å². The maximum absolute atomic E-state index is 6.67. The van der Waals surface area contributed by atoms with Gasteiger partial charge in [-0.2, -0.15) is 0 Å². The molecule has 0 spiro atoms. The van der Waals surface area contributed by atoms with Gasteiger partial charge in [0.15, 0.2) is 0 Å². The quantitative estimate of drug-likeness (QED) is 0.139. The summed E-state index contributed by atoms with van der Waals surface area (Å²) in [5.41, 5.74) is 6.98. The number of benzene rings is 4. The predicted molar refractivity (Wildman–Crippen MR) is 148 cm³/mol. The first-order chi connectivity index (χ1) is 17.9. The van der Waals surface area contributed by atoms with Gasteiger partial charge in [-0.25, -0.2) is 0 Å². The second-order valence-corrected chi connectivity index (χ2v) is 12.3. The normalized spacial score (nSPS) is 14.3. The molecule has 6 heteroatoms. The van der Waals surface area contributed by atoms with Crippen LogP contribution in [-0.4, -0.2) is 0 Å². The summed E-state index contributed by atoms with van der Waals surface area (Å²) in [4.78, 5) is 6.50. The van der Waals surface area contributed by atoms with Gasteiger partial charge in [-0.15, -0.1) is 0 Å². The van der Waals surface area contributed by atoms with E-state index < -0.39 is 20.8 Å². The van der Waals surface area contributed by atoms with Crippen LogP contribution in [0, 0.1) is 0 Å². The van der Waals surface area contributed by atoms with E-state index in [0.29, 0.717) is 0 Å². The molecule has 0 aliphatic carbocycles. The van der Waals surface area contributed by atoms with E-state index >= 15 is 0 Å². The molecule has 8 rings (SSSR count). The summed E-state index contributed by atoms with van der Waals surface area (Å²) in [7, 11) is 0. The Kier molecular flexibility index (Phi) is 4.27. The van der Waals surface area contributed by atoms with Crippen LogP contribution in [0.25, 0.3) is 44.1 Å². The topological polar surface area (TPSA) is 29.5 Å². The summed E-state index contributed by atoms with van der Waals surface area (Å²) >= 11 is -2.49. The van der Waals surface area contributed by atoms with Crippen molar-refractivity contribution in [3.8, 4) is 33.8 Å². The van der Waals surface area contributed by atoms with Crippen molar-refractivity contribution in [2.75, 3.05) is 3.39 Å². The molecule has 172 valence electrons. The minimum atomic E-state index is -2.49. The van der Waals surface area contributed by atoms with Crippen molar-refractivity contribution in [1.82, 2.24) is 0 Å². The molecule has 36 heavy (non-hydrogen) atoms. The van der Waals surface area contributed by atoms with E-state index in [1.54, 1.807) is 0 Å². The Balaban J connectivity index is 1.27. The van der Waals surface area contributed by atoms with Gasteiger partial charge >= 0.3 is 217 Å². The summed E-state index contributed by atoms with van der Waals surface area (Å²) < 4.78 is 13.1. The molecule has 2 aliphatic heterocycles. The van der Waals surface area contributed by atoms with Gasteiger partial charge < -0.3 is 0 Å². The van der Waals surface area contributed by atoms with Gasteiger partial charge in [0.25, 0.3) is 0 Å². The van der Waals surface area contributed by atoms with Crippen molar-refractivity contribution < 1.29 is 15.4 Å². The zero-order chi connectivity index (χ0) is 23.6. The molecule has 6 aromatic rings. The summed E-state index contributed by atoms with van der Waals surface area (Å²) in [5.74, 6) is 1.76. The van der Waals surface area contributed by atoms with Crippen LogP contribution in [0.5, 0.6) is 11.5 Å². The average Bonchev–Trinajstić information content (AvgIpc) is 3.51. The van der Waals surface area contributed by atoms with E-state index in [2.05, 4.69) is 123 Å². The Bertz CT molecular complexity index is 1670. The number of rotatable bonds is 3. The fourth-order valence-corrected chi connectivity index (χ4v) is 9.18. The average molecular weight is 581 g/mol. The first-order valence-corrected chi connectivity index (χ1v) is 14.6. The number of halogens is 1. The van der Waals surface area contributed by atoms with E-state index in [4.69, 9.17) is 7.90 Å². The molecule has 0 atom stereocenters. The second kappa shape index (κ2) is 7.66. The van der Waals surface area contributed by atoms with E-state index in [1.807, 2.05) is 9.45 Å². The standard InChI is InChI=1S/C30H20IN3O2/c1-3-9-21(10-4-1)23-15-17-27-29-25(23)13-7-19-32(29)31(35-27)34-33-20-8-14-26-24(22-11-5-2-6-12-22)16-18-28(36-34)30(26)33/h1-20H/q+2. The van der Waals surface area contributed by atoms with Gasteiger partial charge in [0.2, 0.25) is 0 Å². The molecular weight excluding hydrogens is 561 g/mol. The third kappa shape index (κ3) is 2.82. The van der Waals surface area contributed by atoms with Crippen molar-refractivity contribution in [3.05, 3.63) is 122 Å². The van der Waals surface area contributed by atoms with Crippen LogP contribution in [0.2, 0.25) is 0 Å². The summed E-state index contributed by atoms with van der Waals surface area (Å²) in [5, 5.41) is 2.35. The predicted octanol–water partition coefficient (Wildman–Crippen LogP) is 6.34. The van der Waals surface area contributed by atoms with Crippen LogP contribution in [-0.2, 0) is 0 Å². The van der Waals surface area contributed by atoms with Gasteiger partial charge in [0, 0.05) is 0 Å². The molecule has 0 bridgehead atoms. The molecule has 0 unspecified atom stereocenters. The van der Waals surface area contributed by atoms with Crippen molar-refractivity contribution in [1.29, 1.82) is 0 Å². The SMILES string of the molecule is c1ccc(-c2ccc3c4c2ccc[n+]4N(I2Oc4ccc(-c5ccccc5)c5ccc[n+]2c45)O3)cc1. The molecule has 2 aliphatic rings. The Morgan fingerprint density at radius 3 is 1.86 bits per heavy atom. The van der Waals surface area contributed by atoms with Crippen LogP contribution in [0.15, 0.2) is 122 Å². The fourth-order valence-electron chi connectivity index (χ4n) is 5.12. The molecule has 0 fully saturated rings. The summed E-state index contributed by atoms with van der Waals surface area (Å²) in [6, 6.07) is 38.0. The third-order valence-corrected chi connectivity index (χ3v) is 10.6. The van der Waals surface area contributed by atoms with Gasteiger partial charge in [0.1, 0.15) is 0 Å².